The Morgan fingerprint density at radius 1 is 1.08 bits per heavy atom. The fraction of sp³-hybridized carbons (Fsp3) is 0.100. The van der Waals surface area contributed by atoms with E-state index in [0.29, 0.717) is 16.5 Å². The molecule has 0 aliphatic rings. The summed E-state index contributed by atoms with van der Waals surface area (Å²) in [7, 11) is 1.58. The van der Waals surface area contributed by atoms with E-state index >= 15 is 0 Å². The normalized spacial score (nSPS) is 11.6. The van der Waals surface area contributed by atoms with Crippen molar-refractivity contribution in [2.75, 3.05) is 12.4 Å². The van der Waals surface area contributed by atoms with Crippen molar-refractivity contribution < 1.29 is 14.3 Å². The van der Waals surface area contributed by atoms with E-state index < -0.39 is 5.25 Å². The molecule has 1 amide bonds. The van der Waals surface area contributed by atoms with Gasteiger partial charge in [-0.2, -0.15) is 4.73 Å². The van der Waals surface area contributed by atoms with Crippen molar-refractivity contribution in [1.82, 2.24) is 0 Å². The molecule has 1 aromatic heterocycles. The second-order valence-electron chi connectivity index (χ2n) is 5.49. The fourth-order valence-electron chi connectivity index (χ4n) is 2.43. The first kappa shape index (κ1) is 17.8. The van der Waals surface area contributed by atoms with E-state index in [1.165, 1.54) is 18.0 Å². The Morgan fingerprint density at radius 3 is 2.58 bits per heavy atom. The van der Waals surface area contributed by atoms with Gasteiger partial charge in [0.25, 0.3) is 5.03 Å². The molecule has 0 aliphatic heterocycles. The first-order valence-electron chi connectivity index (χ1n) is 8.02. The summed E-state index contributed by atoms with van der Waals surface area (Å²) in [6, 6.07) is 21.7. The molecule has 0 aliphatic carbocycles. The number of amides is 1. The van der Waals surface area contributed by atoms with Crippen LogP contribution in [0.25, 0.3) is 0 Å². The number of carbonyl (C=O) groups is 1. The van der Waals surface area contributed by atoms with Crippen LogP contribution in [-0.4, -0.2) is 13.0 Å². The van der Waals surface area contributed by atoms with Crippen LogP contribution in [0, 0.1) is 5.21 Å². The summed E-state index contributed by atoms with van der Waals surface area (Å²) in [4.78, 5) is 12.9. The molecule has 0 saturated heterocycles. The van der Waals surface area contributed by atoms with Crippen molar-refractivity contribution in [3.63, 3.8) is 0 Å². The lowest BCUT2D eigenvalue weighted by Crippen LogP contribution is -2.29. The molecular formula is C20H18N2O3S. The summed E-state index contributed by atoms with van der Waals surface area (Å²) < 4.78 is 5.96. The maximum absolute atomic E-state index is 12.9. The summed E-state index contributed by atoms with van der Waals surface area (Å²) in [6.45, 7) is 0. The molecule has 5 nitrogen and oxygen atoms in total. The maximum Gasteiger partial charge on any atom is 0.252 e. The number of anilines is 1. The topological polar surface area (TPSA) is 65.3 Å². The molecule has 0 spiro atoms. The molecule has 0 bridgehead atoms. The number of methoxy groups -OCH3 is 1. The molecule has 132 valence electrons. The zero-order valence-corrected chi connectivity index (χ0v) is 15.0. The minimum Gasteiger partial charge on any atom is -0.618 e. The summed E-state index contributed by atoms with van der Waals surface area (Å²) in [5.74, 6) is 0.450. The molecule has 0 radical (unpaired) electrons. The minimum atomic E-state index is -0.565. The molecule has 3 rings (SSSR count). The van der Waals surface area contributed by atoms with Gasteiger partial charge in [0, 0.05) is 23.9 Å². The number of rotatable bonds is 6. The number of ether oxygens (including phenoxy) is 1. The molecule has 1 atom stereocenters. The predicted octanol–water partition coefficient (Wildman–Crippen LogP) is 3.80. The molecule has 2 aromatic carbocycles. The van der Waals surface area contributed by atoms with Gasteiger partial charge in [-0.15, -0.1) is 0 Å². The van der Waals surface area contributed by atoms with Crippen LogP contribution in [0.1, 0.15) is 10.8 Å². The lowest BCUT2D eigenvalue weighted by molar-refractivity contribution is -0.645. The first-order valence-corrected chi connectivity index (χ1v) is 8.90. The number of benzene rings is 2. The minimum absolute atomic E-state index is 0.210. The van der Waals surface area contributed by atoms with E-state index in [4.69, 9.17) is 4.74 Å². The van der Waals surface area contributed by atoms with Crippen LogP contribution in [0.2, 0.25) is 0 Å². The van der Waals surface area contributed by atoms with Gasteiger partial charge in [0.1, 0.15) is 11.0 Å². The highest BCUT2D eigenvalue weighted by Crippen LogP contribution is 2.34. The van der Waals surface area contributed by atoms with Crippen molar-refractivity contribution in [2.45, 2.75) is 10.3 Å². The summed E-state index contributed by atoms with van der Waals surface area (Å²) in [5.41, 5.74) is 1.46. The van der Waals surface area contributed by atoms with Crippen LogP contribution in [0.3, 0.4) is 0 Å². The number of hydrogen-bond donors (Lipinski definition) is 1. The molecule has 1 heterocycles. The zero-order chi connectivity index (χ0) is 18.4. The Bertz CT molecular complexity index is 887. The van der Waals surface area contributed by atoms with Crippen LogP contribution in [0.15, 0.2) is 84.0 Å². The zero-order valence-electron chi connectivity index (χ0n) is 14.2. The van der Waals surface area contributed by atoms with Gasteiger partial charge < -0.3 is 15.3 Å². The number of nitrogens with one attached hydrogen (secondary N) is 1. The highest BCUT2D eigenvalue weighted by atomic mass is 32.2. The highest BCUT2D eigenvalue weighted by molar-refractivity contribution is 8.00. The number of pyridine rings is 1. The van der Waals surface area contributed by atoms with Gasteiger partial charge >= 0.3 is 0 Å². The SMILES string of the molecule is COc1cccc(NC(=O)[C@H](Sc2cccc[n+]2[O-])c2ccccc2)c1. The Morgan fingerprint density at radius 2 is 1.85 bits per heavy atom. The lowest BCUT2D eigenvalue weighted by Gasteiger charge is -2.16. The van der Waals surface area contributed by atoms with Gasteiger partial charge in [0.05, 0.1) is 7.11 Å². The first-order chi connectivity index (χ1) is 12.7. The van der Waals surface area contributed by atoms with Gasteiger partial charge in [0.2, 0.25) is 5.91 Å². The van der Waals surface area contributed by atoms with Crippen LogP contribution in [0.4, 0.5) is 5.69 Å². The van der Waals surface area contributed by atoms with Crippen LogP contribution >= 0.6 is 11.8 Å². The molecule has 0 saturated carbocycles. The van der Waals surface area contributed by atoms with E-state index in [9.17, 15) is 10.0 Å². The lowest BCUT2D eigenvalue weighted by atomic mass is 10.1. The molecular weight excluding hydrogens is 348 g/mol. The number of thioether (sulfide) groups is 1. The van der Waals surface area contributed by atoms with Gasteiger partial charge in [0.15, 0.2) is 6.20 Å². The molecule has 26 heavy (non-hydrogen) atoms. The van der Waals surface area contributed by atoms with Crippen molar-refractivity contribution in [3.8, 4) is 5.75 Å². The van der Waals surface area contributed by atoms with Gasteiger partial charge in [-0.1, -0.05) is 36.4 Å². The van der Waals surface area contributed by atoms with Crippen LogP contribution < -0.4 is 14.8 Å². The van der Waals surface area contributed by atoms with E-state index in [0.717, 1.165) is 10.3 Å². The van der Waals surface area contributed by atoms with Crippen LogP contribution in [-0.2, 0) is 4.79 Å². The van der Waals surface area contributed by atoms with Crippen LogP contribution in [0.5, 0.6) is 5.75 Å². The second kappa shape index (κ2) is 8.40. The fourth-order valence-corrected chi connectivity index (χ4v) is 3.46. The molecule has 3 aromatic rings. The molecule has 1 N–H and O–H groups in total. The van der Waals surface area contributed by atoms with Crippen molar-refractivity contribution >= 4 is 23.4 Å². The highest BCUT2D eigenvalue weighted by Gasteiger charge is 2.25. The standard InChI is InChI=1S/C20H18N2O3S/c1-25-17-11-7-10-16(14-17)21-20(23)19(15-8-3-2-4-9-15)26-18-12-5-6-13-22(18)24/h2-14,19H,1H3,(H,21,23)/t19-/m1/s1. The quantitative estimate of drug-likeness (QED) is 0.409. The van der Waals surface area contributed by atoms with E-state index in [1.807, 2.05) is 42.5 Å². The summed E-state index contributed by atoms with van der Waals surface area (Å²) in [5, 5.41) is 14.8. The monoisotopic (exact) mass is 366 g/mol. The molecule has 0 fully saturated rings. The summed E-state index contributed by atoms with van der Waals surface area (Å²) >= 11 is 1.21. The Kier molecular flexibility index (Phi) is 5.76. The second-order valence-corrected chi connectivity index (χ2v) is 6.62. The van der Waals surface area contributed by atoms with Crippen molar-refractivity contribution in [3.05, 3.63) is 89.8 Å². The van der Waals surface area contributed by atoms with Crippen molar-refractivity contribution in [1.29, 1.82) is 0 Å². The third-order valence-corrected chi connectivity index (χ3v) is 4.98. The van der Waals surface area contributed by atoms with Gasteiger partial charge in [-0.05, 0) is 35.5 Å². The molecule has 6 heteroatoms. The average Bonchev–Trinajstić information content (AvgIpc) is 2.68. The van der Waals surface area contributed by atoms with E-state index in [-0.39, 0.29) is 5.91 Å². The smallest absolute Gasteiger partial charge is 0.252 e. The van der Waals surface area contributed by atoms with Gasteiger partial charge in [-0.25, -0.2) is 0 Å². The average molecular weight is 366 g/mol. The van der Waals surface area contributed by atoms with Gasteiger partial charge in [-0.3, -0.25) is 4.79 Å². The third kappa shape index (κ3) is 4.34. The van der Waals surface area contributed by atoms with E-state index in [1.54, 1.807) is 37.4 Å². The molecule has 0 unspecified atom stereocenters. The Balaban J connectivity index is 1.87. The maximum atomic E-state index is 12.9. The Hall–Kier alpha value is -2.99. The van der Waals surface area contributed by atoms with E-state index in [2.05, 4.69) is 5.32 Å². The Labute approximate surface area is 156 Å². The third-order valence-electron chi connectivity index (χ3n) is 3.70. The number of carbonyl (C=O) groups excluding carboxylic acids is 1. The number of nitrogens with zero attached hydrogens (tertiary/aromatic N) is 1. The number of aromatic nitrogens is 1. The van der Waals surface area contributed by atoms with Crippen molar-refractivity contribution in [2.24, 2.45) is 0 Å². The largest absolute Gasteiger partial charge is 0.618 e. The number of hydrogen-bond acceptors (Lipinski definition) is 4. The predicted molar refractivity (Wildman–Crippen MR) is 102 cm³/mol. The summed E-state index contributed by atoms with van der Waals surface area (Å²) in [6.07, 6.45) is 1.42.